The average molecular weight is 331 g/mol. The Morgan fingerprint density at radius 3 is 2.48 bits per heavy atom. The number of benzene rings is 1. The quantitative estimate of drug-likeness (QED) is 0.392. The van der Waals surface area contributed by atoms with E-state index in [2.05, 4.69) is 10.3 Å². The molecule has 0 aliphatic rings. The number of nitrogens with one attached hydrogen (secondary N) is 1. The first kappa shape index (κ1) is 16.5. The van der Waals surface area contributed by atoms with Crippen molar-refractivity contribution < 1.29 is 14.5 Å². The number of ketones is 1. The van der Waals surface area contributed by atoms with E-state index < -0.39 is 10.8 Å². The molecule has 2 aromatic rings. The van der Waals surface area contributed by atoms with Crippen molar-refractivity contribution in [3.63, 3.8) is 0 Å². The maximum absolute atomic E-state index is 11.8. The number of non-ortho nitro benzene ring substituents is 1. The Kier molecular flexibility index (Phi) is 4.97. The van der Waals surface area contributed by atoms with Gasteiger partial charge in [-0.15, -0.1) is 0 Å². The van der Waals surface area contributed by atoms with Gasteiger partial charge < -0.3 is 0 Å². The number of anilines is 1. The van der Waals surface area contributed by atoms with E-state index in [1.807, 2.05) is 0 Å². The number of hydrogen-bond donors (Lipinski definition) is 1. The van der Waals surface area contributed by atoms with Gasteiger partial charge in [0.25, 0.3) is 5.69 Å². The predicted octanol–water partition coefficient (Wildman–Crippen LogP) is 3.21. The fourth-order valence-corrected chi connectivity index (χ4v) is 2.67. The molecule has 0 saturated carbocycles. The van der Waals surface area contributed by atoms with Gasteiger partial charge in [-0.2, -0.15) is 0 Å². The number of rotatable bonds is 5. The Morgan fingerprint density at radius 2 is 1.96 bits per heavy atom. The second kappa shape index (κ2) is 6.93. The fourth-order valence-electron chi connectivity index (χ4n) is 1.80. The monoisotopic (exact) mass is 331 g/mol. The lowest BCUT2D eigenvalue weighted by atomic mass is 10.2. The normalized spacial score (nSPS) is 10.7. The lowest BCUT2D eigenvalue weighted by Crippen LogP contribution is -2.07. The SMILES string of the molecule is CC(=O)c1sc(NC(=O)C=Cc2ccc([N+](=O)[O-])cc2)nc1C. The van der Waals surface area contributed by atoms with E-state index >= 15 is 0 Å². The van der Waals surface area contributed by atoms with Crippen LogP contribution < -0.4 is 5.32 Å². The molecule has 0 fully saturated rings. The zero-order chi connectivity index (χ0) is 17.0. The number of carbonyl (C=O) groups excluding carboxylic acids is 2. The van der Waals surface area contributed by atoms with Crippen molar-refractivity contribution in [3.05, 3.63) is 56.6 Å². The number of nitro groups is 1. The van der Waals surface area contributed by atoms with Crippen LogP contribution in [-0.2, 0) is 4.79 Å². The van der Waals surface area contributed by atoms with Gasteiger partial charge in [-0.25, -0.2) is 4.98 Å². The topological polar surface area (TPSA) is 102 Å². The van der Waals surface area contributed by atoms with E-state index in [9.17, 15) is 19.7 Å². The minimum Gasteiger partial charge on any atom is -0.298 e. The summed E-state index contributed by atoms with van der Waals surface area (Å²) in [6.45, 7) is 3.15. The molecule has 0 bridgehead atoms. The number of thiazole rings is 1. The Labute approximate surface area is 135 Å². The summed E-state index contributed by atoms with van der Waals surface area (Å²) in [6, 6.07) is 5.81. The lowest BCUT2D eigenvalue weighted by molar-refractivity contribution is -0.384. The minimum absolute atomic E-state index is 0.0124. The van der Waals surface area contributed by atoms with Crippen LogP contribution in [0.15, 0.2) is 30.3 Å². The van der Waals surface area contributed by atoms with Crippen molar-refractivity contribution in [1.82, 2.24) is 4.98 Å². The molecule has 8 heteroatoms. The number of aryl methyl sites for hydroxylation is 1. The highest BCUT2D eigenvalue weighted by atomic mass is 32.1. The van der Waals surface area contributed by atoms with Crippen molar-refractivity contribution in [2.24, 2.45) is 0 Å². The summed E-state index contributed by atoms with van der Waals surface area (Å²) < 4.78 is 0. The van der Waals surface area contributed by atoms with Gasteiger partial charge in [0, 0.05) is 25.1 Å². The van der Waals surface area contributed by atoms with Gasteiger partial charge >= 0.3 is 0 Å². The van der Waals surface area contributed by atoms with Gasteiger partial charge in [-0.05, 0) is 30.7 Å². The molecule has 2 rings (SSSR count). The van der Waals surface area contributed by atoms with Crippen LogP contribution in [0.4, 0.5) is 10.8 Å². The molecule has 0 aliphatic heterocycles. The molecule has 1 aromatic heterocycles. The third-order valence-corrected chi connectivity index (χ3v) is 4.05. The highest BCUT2D eigenvalue weighted by molar-refractivity contribution is 7.17. The molecular formula is C15H13N3O4S. The van der Waals surface area contributed by atoms with E-state index in [0.717, 1.165) is 11.3 Å². The van der Waals surface area contributed by atoms with Gasteiger partial charge in [0.2, 0.25) is 5.91 Å². The summed E-state index contributed by atoms with van der Waals surface area (Å²) in [6.07, 6.45) is 2.83. The minimum atomic E-state index is -0.488. The number of amides is 1. The first-order valence-electron chi connectivity index (χ1n) is 6.58. The van der Waals surface area contributed by atoms with E-state index in [1.165, 1.54) is 31.2 Å². The standard InChI is InChI=1S/C15H13N3O4S/c1-9-14(10(2)19)23-15(16-9)17-13(20)8-5-11-3-6-12(7-4-11)18(21)22/h3-8H,1-2H3,(H,16,17,20). The van der Waals surface area contributed by atoms with Crippen LogP contribution in [-0.4, -0.2) is 21.6 Å². The summed E-state index contributed by atoms with van der Waals surface area (Å²) in [5, 5.41) is 13.5. The zero-order valence-electron chi connectivity index (χ0n) is 12.4. The smallest absolute Gasteiger partial charge is 0.269 e. The first-order chi connectivity index (χ1) is 10.9. The van der Waals surface area contributed by atoms with Crippen molar-refractivity contribution >= 4 is 39.9 Å². The highest BCUT2D eigenvalue weighted by Gasteiger charge is 2.12. The number of nitro benzene ring substituents is 1. The molecule has 0 saturated heterocycles. The number of nitrogens with zero attached hydrogens (tertiary/aromatic N) is 2. The predicted molar refractivity (Wildman–Crippen MR) is 87.6 cm³/mol. The van der Waals surface area contributed by atoms with Crippen LogP contribution >= 0.6 is 11.3 Å². The molecule has 1 N–H and O–H groups in total. The highest BCUT2D eigenvalue weighted by Crippen LogP contribution is 2.22. The Balaban J connectivity index is 2.02. The van der Waals surface area contributed by atoms with Gasteiger partial charge in [0.1, 0.15) is 0 Å². The average Bonchev–Trinajstić information content (AvgIpc) is 2.86. The van der Waals surface area contributed by atoms with E-state index in [0.29, 0.717) is 21.3 Å². The third-order valence-electron chi connectivity index (χ3n) is 2.88. The molecule has 1 heterocycles. The molecule has 0 aliphatic carbocycles. The second-order valence-electron chi connectivity index (χ2n) is 4.66. The number of hydrogen-bond acceptors (Lipinski definition) is 6. The number of carbonyl (C=O) groups is 2. The first-order valence-corrected chi connectivity index (χ1v) is 7.40. The molecule has 0 unspecified atom stereocenters. The molecule has 7 nitrogen and oxygen atoms in total. The summed E-state index contributed by atoms with van der Waals surface area (Å²) in [7, 11) is 0. The molecule has 0 spiro atoms. The summed E-state index contributed by atoms with van der Waals surface area (Å²) in [5.74, 6) is -0.492. The fraction of sp³-hybridized carbons (Fsp3) is 0.133. The third kappa shape index (κ3) is 4.30. The summed E-state index contributed by atoms with van der Waals surface area (Å²) in [4.78, 5) is 37.9. The van der Waals surface area contributed by atoms with E-state index in [4.69, 9.17) is 0 Å². The molecule has 118 valence electrons. The van der Waals surface area contributed by atoms with Crippen molar-refractivity contribution in [2.75, 3.05) is 5.32 Å². The Hall–Kier alpha value is -2.87. The Bertz CT molecular complexity index is 794. The van der Waals surface area contributed by atoms with Gasteiger partial charge in [-0.3, -0.25) is 25.0 Å². The second-order valence-corrected chi connectivity index (χ2v) is 5.66. The largest absolute Gasteiger partial charge is 0.298 e. The van der Waals surface area contributed by atoms with Gasteiger partial charge in [0.15, 0.2) is 10.9 Å². The van der Waals surface area contributed by atoms with Gasteiger partial charge in [0.05, 0.1) is 15.5 Å². The van der Waals surface area contributed by atoms with Crippen LogP contribution in [0.3, 0.4) is 0 Å². The number of aromatic nitrogens is 1. The Morgan fingerprint density at radius 1 is 1.30 bits per heavy atom. The molecule has 1 aromatic carbocycles. The van der Waals surface area contributed by atoms with Crippen molar-refractivity contribution in [3.8, 4) is 0 Å². The van der Waals surface area contributed by atoms with Crippen molar-refractivity contribution in [1.29, 1.82) is 0 Å². The van der Waals surface area contributed by atoms with Crippen molar-refractivity contribution in [2.45, 2.75) is 13.8 Å². The molecule has 0 radical (unpaired) electrons. The molecule has 0 atom stereocenters. The van der Waals surface area contributed by atoms with Crippen LogP contribution in [0.2, 0.25) is 0 Å². The maximum atomic E-state index is 11.8. The zero-order valence-corrected chi connectivity index (χ0v) is 13.2. The summed E-state index contributed by atoms with van der Waals surface area (Å²) >= 11 is 1.12. The lowest BCUT2D eigenvalue weighted by Gasteiger charge is -1.96. The van der Waals surface area contributed by atoms with E-state index in [-0.39, 0.29) is 11.5 Å². The summed E-state index contributed by atoms with van der Waals surface area (Å²) in [5.41, 5.74) is 1.23. The van der Waals surface area contributed by atoms with Crippen LogP contribution in [0.25, 0.3) is 6.08 Å². The molecular weight excluding hydrogens is 318 g/mol. The van der Waals surface area contributed by atoms with Crippen LogP contribution in [0.5, 0.6) is 0 Å². The van der Waals surface area contributed by atoms with Crippen LogP contribution in [0.1, 0.15) is 27.9 Å². The van der Waals surface area contributed by atoms with Crippen LogP contribution in [0, 0.1) is 17.0 Å². The molecule has 1 amide bonds. The van der Waals surface area contributed by atoms with Gasteiger partial charge in [-0.1, -0.05) is 11.3 Å². The molecule has 23 heavy (non-hydrogen) atoms. The maximum Gasteiger partial charge on any atom is 0.269 e. The van der Waals surface area contributed by atoms with E-state index in [1.54, 1.807) is 19.1 Å². The number of Topliss-reactive ketones (excluding diaryl/α,β-unsaturated/α-hetero) is 1.